The Labute approximate surface area is 115 Å². The normalized spacial score (nSPS) is 42.2. The Hall–Kier alpha value is -0.920. The van der Waals surface area contributed by atoms with E-state index in [1.54, 1.807) is 12.1 Å². The molecule has 3 N–H and O–H groups in total. The van der Waals surface area contributed by atoms with Crippen LogP contribution in [0.5, 0.6) is 0 Å². The minimum atomic E-state index is -1.32. The summed E-state index contributed by atoms with van der Waals surface area (Å²) in [4.78, 5) is 16.7. The van der Waals surface area contributed by atoms with E-state index < -0.39 is 23.8 Å². The Balaban J connectivity index is 1.98. The first-order valence-corrected chi connectivity index (χ1v) is 6.48. The van der Waals surface area contributed by atoms with Gasteiger partial charge in [-0.25, -0.2) is 0 Å². The summed E-state index contributed by atoms with van der Waals surface area (Å²) in [5, 5.41) is 24.9. The van der Waals surface area contributed by atoms with E-state index in [4.69, 9.17) is 21.5 Å². The molecule has 0 radical (unpaired) electrons. The van der Waals surface area contributed by atoms with Gasteiger partial charge < -0.3 is 10.2 Å². The van der Waals surface area contributed by atoms with Crippen LogP contribution in [0.1, 0.15) is 12.8 Å². The van der Waals surface area contributed by atoms with Gasteiger partial charge in [-0.05, 0) is 12.0 Å². The number of likely N-dealkylation sites (N-methyl/N-ethyl adjacent to an activating group) is 1. The van der Waals surface area contributed by atoms with Crippen LogP contribution in [-0.2, 0) is 9.63 Å². The lowest BCUT2D eigenvalue weighted by Gasteiger charge is -2.46. The highest BCUT2D eigenvalue weighted by Gasteiger charge is 2.58. The summed E-state index contributed by atoms with van der Waals surface area (Å²) in [7, 11) is 1.72. The number of rotatable bonds is 1. The molecular weight excluding hydrogens is 272 g/mol. The van der Waals surface area contributed by atoms with Gasteiger partial charge in [0.2, 0.25) is 0 Å². The number of allylic oxidation sites excluding steroid dienone is 2. The second-order valence-electron chi connectivity index (χ2n) is 5.10. The summed E-state index contributed by atoms with van der Waals surface area (Å²) in [6, 6.07) is -1.17. The third kappa shape index (κ3) is 1.83. The number of fused-ring (bicyclic) bond motifs is 3. The number of halogens is 1. The van der Waals surface area contributed by atoms with Gasteiger partial charge in [0.05, 0.1) is 6.04 Å². The molecule has 0 aromatic rings. The van der Waals surface area contributed by atoms with Crippen LogP contribution in [0.25, 0.3) is 0 Å². The molecule has 3 rings (SSSR count). The fraction of sp³-hybridized carbons (Fsp3) is 0.583. The van der Waals surface area contributed by atoms with Crippen molar-refractivity contribution >= 4 is 17.6 Å². The van der Waals surface area contributed by atoms with Crippen LogP contribution in [0.4, 0.5) is 0 Å². The molecule has 0 aromatic heterocycles. The number of hydrogen-bond donors (Lipinski definition) is 3. The van der Waals surface area contributed by atoms with E-state index in [9.17, 15) is 9.90 Å². The van der Waals surface area contributed by atoms with Crippen molar-refractivity contribution in [3.8, 4) is 0 Å². The number of nitrogens with zero attached hydrogens (tertiary/aromatic N) is 1. The minimum absolute atomic E-state index is 0.0767. The van der Waals surface area contributed by atoms with Crippen LogP contribution in [0, 0.1) is 0 Å². The van der Waals surface area contributed by atoms with Crippen LogP contribution in [0.2, 0.25) is 0 Å². The summed E-state index contributed by atoms with van der Waals surface area (Å²) in [6.07, 6.45) is 3.70. The van der Waals surface area contributed by atoms with E-state index in [-0.39, 0.29) is 12.5 Å². The van der Waals surface area contributed by atoms with Gasteiger partial charge in [-0.2, -0.15) is 5.06 Å². The van der Waals surface area contributed by atoms with Crippen LogP contribution in [-0.4, -0.2) is 52.2 Å². The first kappa shape index (κ1) is 13.1. The summed E-state index contributed by atoms with van der Waals surface area (Å²) in [5.74, 6) is -0.997. The molecule has 2 heterocycles. The van der Waals surface area contributed by atoms with Crippen molar-refractivity contribution < 1.29 is 19.8 Å². The van der Waals surface area contributed by atoms with Crippen molar-refractivity contribution in [2.75, 3.05) is 7.05 Å². The number of carboxylic acids is 1. The second kappa shape index (κ2) is 4.29. The van der Waals surface area contributed by atoms with Gasteiger partial charge in [0.25, 0.3) is 0 Å². The smallest absolute Gasteiger partial charge is 0.320 e. The quantitative estimate of drug-likeness (QED) is 0.597. The van der Waals surface area contributed by atoms with Gasteiger partial charge in [0, 0.05) is 18.5 Å². The van der Waals surface area contributed by atoms with Crippen molar-refractivity contribution in [3.63, 3.8) is 0 Å². The predicted molar refractivity (Wildman–Crippen MR) is 67.2 cm³/mol. The number of hydrogen-bond acceptors (Lipinski definition) is 5. The molecule has 0 bridgehead atoms. The zero-order valence-corrected chi connectivity index (χ0v) is 11.1. The summed E-state index contributed by atoms with van der Waals surface area (Å²) < 4.78 is 0. The van der Waals surface area contributed by atoms with E-state index in [1.165, 1.54) is 0 Å². The molecule has 4 atom stereocenters. The third-order valence-electron chi connectivity index (χ3n) is 3.94. The fourth-order valence-corrected chi connectivity index (χ4v) is 3.37. The molecule has 1 aliphatic carbocycles. The molecule has 19 heavy (non-hydrogen) atoms. The Morgan fingerprint density at radius 1 is 1.63 bits per heavy atom. The van der Waals surface area contributed by atoms with Gasteiger partial charge in [-0.3, -0.25) is 14.9 Å². The van der Waals surface area contributed by atoms with Crippen molar-refractivity contribution in [2.24, 2.45) is 0 Å². The Morgan fingerprint density at radius 3 is 3.05 bits per heavy atom. The highest BCUT2D eigenvalue weighted by Crippen LogP contribution is 2.44. The van der Waals surface area contributed by atoms with Gasteiger partial charge in [-0.15, -0.1) is 0 Å². The number of aliphatic hydroxyl groups is 1. The SMILES string of the molecule is CN1O[C@H]2N[C@H](C(=O)O)C[C@@]2(O)C2=CCC=C(Cl)C21. The molecule has 2 fully saturated rings. The molecule has 3 aliphatic rings. The standard InChI is InChI=1S/C12H15ClN2O4/c1-15-9-6(3-2-4-7(9)13)12(18)5-8(10(16)17)14-11(12)19-15/h3-4,8-9,11,14,18H,2,5H2,1H3,(H,16,17)/t8-,9?,11+,12+/m0/s1. The Morgan fingerprint density at radius 2 is 2.37 bits per heavy atom. The van der Waals surface area contributed by atoms with Crippen LogP contribution >= 0.6 is 11.6 Å². The molecular formula is C12H15ClN2O4. The van der Waals surface area contributed by atoms with Crippen LogP contribution < -0.4 is 5.32 Å². The molecule has 0 aromatic carbocycles. The van der Waals surface area contributed by atoms with Crippen molar-refractivity contribution in [2.45, 2.75) is 36.8 Å². The van der Waals surface area contributed by atoms with Gasteiger partial charge in [0.1, 0.15) is 11.6 Å². The average Bonchev–Trinajstić information content (AvgIpc) is 2.68. The molecule has 0 amide bonds. The van der Waals surface area contributed by atoms with E-state index in [0.29, 0.717) is 11.5 Å². The highest BCUT2D eigenvalue weighted by atomic mass is 35.5. The molecule has 0 saturated carbocycles. The first-order valence-electron chi connectivity index (χ1n) is 6.10. The molecule has 2 saturated heterocycles. The van der Waals surface area contributed by atoms with E-state index >= 15 is 0 Å². The molecule has 104 valence electrons. The van der Waals surface area contributed by atoms with Crippen molar-refractivity contribution in [1.82, 2.24) is 10.4 Å². The molecule has 7 heteroatoms. The van der Waals surface area contributed by atoms with Gasteiger partial charge >= 0.3 is 5.97 Å². The maximum absolute atomic E-state index is 11.1. The third-order valence-corrected chi connectivity index (χ3v) is 4.30. The lowest BCUT2D eigenvalue weighted by molar-refractivity contribution is -0.261. The lowest BCUT2D eigenvalue weighted by atomic mass is 9.81. The number of hydroxylamine groups is 2. The lowest BCUT2D eigenvalue weighted by Crippen LogP contribution is -2.60. The topological polar surface area (TPSA) is 82.0 Å². The van der Waals surface area contributed by atoms with Gasteiger partial charge in [0.15, 0.2) is 6.23 Å². The largest absolute Gasteiger partial charge is 0.480 e. The number of carboxylic acid groups (broad SMARTS) is 1. The molecule has 0 spiro atoms. The van der Waals surface area contributed by atoms with Gasteiger partial charge in [-0.1, -0.05) is 23.8 Å². The zero-order chi connectivity index (χ0) is 13.8. The number of aliphatic carboxylic acids is 1. The Kier molecular flexibility index (Phi) is 2.95. The predicted octanol–water partition coefficient (Wildman–Crippen LogP) is 0.188. The molecule has 1 unspecified atom stereocenters. The Bertz CT molecular complexity index is 492. The second-order valence-corrected chi connectivity index (χ2v) is 5.54. The maximum atomic E-state index is 11.1. The van der Waals surface area contributed by atoms with Crippen molar-refractivity contribution in [1.29, 1.82) is 0 Å². The van der Waals surface area contributed by atoms with Crippen LogP contribution in [0.3, 0.4) is 0 Å². The summed E-state index contributed by atoms with van der Waals surface area (Å²) in [6.45, 7) is 0. The average molecular weight is 287 g/mol. The zero-order valence-electron chi connectivity index (χ0n) is 10.3. The minimum Gasteiger partial charge on any atom is -0.480 e. The van der Waals surface area contributed by atoms with E-state index in [1.807, 2.05) is 12.2 Å². The number of nitrogens with one attached hydrogen (secondary N) is 1. The van der Waals surface area contributed by atoms with E-state index in [2.05, 4.69) is 5.32 Å². The van der Waals surface area contributed by atoms with Crippen LogP contribution in [0.15, 0.2) is 22.8 Å². The summed E-state index contributed by atoms with van der Waals surface area (Å²) >= 11 is 6.19. The van der Waals surface area contributed by atoms with Crippen molar-refractivity contribution in [3.05, 3.63) is 22.8 Å². The molecule has 2 aliphatic heterocycles. The van der Waals surface area contributed by atoms with E-state index in [0.717, 1.165) is 5.57 Å². The molecule has 6 nitrogen and oxygen atoms in total. The monoisotopic (exact) mass is 286 g/mol. The fourth-order valence-electron chi connectivity index (χ4n) is 3.02. The number of carbonyl (C=O) groups is 1. The first-order chi connectivity index (χ1) is 8.93. The highest BCUT2D eigenvalue weighted by molar-refractivity contribution is 6.30. The summed E-state index contributed by atoms with van der Waals surface area (Å²) in [5.41, 5.74) is -0.607. The maximum Gasteiger partial charge on any atom is 0.320 e.